The molecule has 0 saturated carbocycles. The Balaban J connectivity index is 3.69. The van der Waals surface area contributed by atoms with Gasteiger partial charge < -0.3 is 0 Å². The number of aliphatic imine (C=N–C) groups is 1. The first kappa shape index (κ1) is 7.81. The Morgan fingerprint density at radius 3 is 2.75 bits per heavy atom. The summed E-state index contributed by atoms with van der Waals surface area (Å²) in [5, 5.41) is 0. The molecule has 0 unspecified atom stereocenters. The number of halogens is 2. The van der Waals surface area contributed by atoms with Gasteiger partial charge >= 0.3 is 0 Å². The van der Waals surface area contributed by atoms with Gasteiger partial charge in [0.25, 0.3) is 0 Å². The molecule has 8 heavy (non-hydrogen) atoms. The summed E-state index contributed by atoms with van der Waals surface area (Å²) >= 11 is 1.79. The van der Waals surface area contributed by atoms with Crippen molar-refractivity contribution in [2.24, 2.45) is 4.99 Å². The Hall–Kier alpha value is -0.190. The van der Waals surface area contributed by atoms with Crippen LogP contribution in [0.2, 0.25) is 0 Å². The van der Waals surface area contributed by atoms with Crippen LogP contribution in [0.5, 0.6) is 0 Å². The van der Waals surface area contributed by atoms with Gasteiger partial charge in [0.2, 0.25) is 0 Å². The van der Waals surface area contributed by atoms with Crippen molar-refractivity contribution < 1.29 is 4.39 Å². The topological polar surface area (TPSA) is 12.4 Å². The monoisotopic (exact) mass is 225 g/mol. The Morgan fingerprint density at radius 2 is 2.38 bits per heavy atom. The van der Waals surface area contributed by atoms with Gasteiger partial charge in [-0.05, 0) is 22.6 Å². The van der Waals surface area contributed by atoms with Crippen LogP contribution in [-0.4, -0.2) is 6.21 Å². The van der Waals surface area contributed by atoms with Gasteiger partial charge in [0.1, 0.15) is 5.83 Å². The third-order valence-electron chi connectivity index (χ3n) is 0.408. The summed E-state index contributed by atoms with van der Waals surface area (Å²) in [5.74, 6) is -0.356. The lowest BCUT2D eigenvalue weighted by molar-refractivity contribution is 0.690. The van der Waals surface area contributed by atoms with E-state index in [1.807, 2.05) is 0 Å². The minimum absolute atomic E-state index is 0.356. The van der Waals surface area contributed by atoms with E-state index in [0.717, 1.165) is 6.21 Å². The number of hydrogen-bond acceptors (Lipinski definition) is 1. The molecule has 0 aliphatic rings. The minimum atomic E-state index is -0.356. The molecule has 0 saturated heterocycles. The smallest absolute Gasteiger partial charge is 0.147 e. The second kappa shape index (κ2) is 4.96. The van der Waals surface area contributed by atoms with Crippen molar-refractivity contribution in [3.05, 3.63) is 22.7 Å². The summed E-state index contributed by atoms with van der Waals surface area (Å²) < 4.78 is 13.3. The molecule has 0 N–H and O–H groups in total. The highest BCUT2D eigenvalue weighted by atomic mass is 127. The van der Waals surface area contributed by atoms with Crippen molar-refractivity contribution in [2.45, 2.75) is 0 Å². The molecule has 0 atom stereocenters. The molecule has 1 nitrogen and oxygen atoms in total. The van der Waals surface area contributed by atoms with Gasteiger partial charge in [0.15, 0.2) is 0 Å². The standard InChI is InChI=1S/C5H5FIN/c1-2-8-4-5(6)3-7/h2-4H,1H2/b5-3-,8-4?. The Bertz CT molecular complexity index is 128. The second-order valence-electron chi connectivity index (χ2n) is 0.955. The molecule has 0 rings (SSSR count). The van der Waals surface area contributed by atoms with E-state index < -0.39 is 0 Å². The van der Waals surface area contributed by atoms with Gasteiger partial charge in [0, 0.05) is 10.3 Å². The van der Waals surface area contributed by atoms with Gasteiger partial charge in [-0.15, -0.1) is 0 Å². The summed E-state index contributed by atoms with van der Waals surface area (Å²) in [4.78, 5) is 3.43. The highest BCUT2D eigenvalue weighted by molar-refractivity contribution is 14.1. The van der Waals surface area contributed by atoms with Crippen LogP contribution in [0.3, 0.4) is 0 Å². The van der Waals surface area contributed by atoms with Crippen molar-refractivity contribution in [3.63, 3.8) is 0 Å². The third-order valence-corrected chi connectivity index (χ3v) is 1.00. The van der Waals surface area contributed by atoms with E-state index in [0.29, 0.717) is 0 Å². The zero-order valence-electron chi connectivity index (χ0n) is 4.14. The van der Waals surface area contributed by atoms with Crippen LogP contribution >= 0.6 is 22.6 Å². The van der Waals surface area contributed by atoms with E-state index in [4.69, 9.17) is 0 Å². The quantitative estimate of drug-likeness (QED) is 0.505. The molecule has 0 heterocycles. The maximum absolute atomic E-state index is 12.0. The summed E-state index contributed by atoms with van der Waals surface area (Å²) in [6.45, 7) is 3.27. The number of allylic oxidation sites excluding steroid dienone is 1. The average molecular weight is 225 g/mol. The Labute approximate surface area is 61.1 Å². The fraction of sp³-hybridized carbons (Fsp3) is 0. The lowest BCUT2D eigenvalue weighted by Gasteiger charge is -1.75. The van der Waals surface area contributed by atoms with E-state index in [2.05, 4.69) is 11.6 Å². The Morgan fingerprint density at radius 1 is 1.75 bits per heavy atom. The van der Waals surface area contributed by atoms with Crippen LogP contribution in [0.1, 0.15) is 0 Å². The zero-order chi connectivity index (χ0) is 6.41. The molecular formula is C5H5FIN. The van der Waals surface area contributed by atoms with Crippen molar-refractivity contribution in [2.75, 3.05) is 0 Å². The van der Waals surface area contributed by atoms with Crippen LogP contribution < -0.4 is 0 Å². The van der Waals surface area contributed by atoms with Crippen LogP contribution in [0, 0.1) is 0 Å². The van der Waals surface area contributed by atoms with Crippen LogP contribution in [0.25, 0.3) is 0 Å². The van der Waals surface area contributed by atoms with Gasteiger partial charge in [-0.1, -0.05) is 6.58 Å². The molecule has 0 aromatic rings. The van der Waals surface area contributed by atoms with E-state index in [1.54, 1.807) is 22.6 Å². The molecule has 0 fully saturated rings. The molecule has 0 bridgehead atoms. The van der Waals surface area contributed by atoms with E-state index in [9.17, 15) is 4.39 Å². The molecule has 0 aliphatic heterocycles. The molecule has 3 heteroatoms. The number of rotatable bonds is 2. The maximum atomic E-state index is 12.0. The van der Waals surface area contributed by atoms with Crippen molar-refractivity contribution in [1.82, 2.24) is 0 Å². The molecule has 0 aliphatic carbocycles. The van der Waals surface area contributed by atoms with E-state index in [-0.39, 0.29) is 5.83 Å². The van der Waals surface area contributed by atoms with Gasteiger partial charge in [-0.25, -0.2) is 4.39 Å². The molecule has 0 radical (unpaired) electrons. The van der Waals surface area contributed by atoms with Gasteiger partial charge in [-0.3, -0.25) is 4.99 Å². The third kappa shape index (κ3) is 3.98. The predicted octanol–water partition coefficient (Wildman–Crippen LogP) is 2.45. The Kier molecular flexibility index (Phi) is 4.84. The lowest BCUT2D eigenvalue weighted by atomic mass is 10.7. The van der Waals surface area contributed by atoms with Crippen LogP contribution in [-0.2, 0) is 0 Å². The van der Waals surface area contributed by atoms with Crippen molar-refractivity contribution >= 4 is 28.8 Å². The lowest BCUT2D eigenvalue weighted by Crippen LogP contribution is -1.68. The predicted molar refractivity (Wildman–Crippen MR) is 41.9 cm³/mol. The van der Waals surface area contributed by atoms with Crippen molar-refractivity contribution in [3.8, 4) is 0 Å². The van der Waals surface area contributed by atoms with Crippen molar-refractivity contribution in [1.29, 1.82) is 0 Å². The van der Waals surface area contributed by atoms with Crippen LogP contribution in [0.15, 0.2) is 27.7 Å². The normalized spacial score (nSPS) is 12.5. The molecule has 44 valence electrons. The van der Waals surface area contributed by atoms with Crippen LogP contribution in [0.4, 0.5) is 4.39 Å². The zero-order valence-corrected chi connectivity index (χ0v) is 6.30. The molecule has 0 spiro atoms. The highest BCUT2D eigenvalue weighted by Gasteiger charge is 1.79. The molecule has 0 aromatic heterocycles. The van der Waals surface area contributed by atoms with Gasteiger partial charge in [-0.2, -0.15) is 0 Å². The fourth-order valence-electron chi connectivity index (χ4n) is 0.152. The first-order chi connectivity index (χ1) is 3.81. The first-order valence-corrected chi connectivity index (χ1v) is 3.15. The highest BCUT2D eigenvalue weighted by Crippen LogP contribution is 1.96. The number of hydrogen-bond donors (Lipinski definition) is 0. The number of nitrogens with zero attached hydrogens (tertiary/aromatic N) is 1. The van der Waals surface area contributed by atoms with Gasteiger partial charge in [0.05, 0.1) is 6.21 Å². The summed E-state index contributed by atoms with van der Waals surface area (Å²) in [6.07, 6.45) is 2.37. The van der Waals surface area contributed by atoms with E-state index in [1.165, 1.54) is 10.3 Å². The van der Waals surface area contributed by atoms with E-state index >= 15 is 0 Å². The largest absolute Gasteiger partial charge is 0.262 e. The first-order valence-electron chi connectivity index (χ1n) is 1.91. The minimum Gasteiger partial charge on any atom is -0.262 e. The average Bonchev–Trinajstić information content (AvgIpc) is 1.83. The second-order valence-corrected chi connectivity index (χ2v) is 1.58. The summed E-state index contributed by atoms with van der Waals surface area (Å²) in [7, 11) is 0. The maximum Gasteiger partial charge on any atom is 0.147 e. The fourth-order valence-corrected chi connectivity index (χ4v) is 0.313. The molecule has 0 amide bonds. The SMILES string of the molecule is C=CN=C/C(F)=C/I. The summed E-state index contributed by atoms with van der Waals surface area (Å²) in [5.41, 5.74) is 0. The molecular weight excluding hydrogens is 220 g/mol. The summed E-state index contributed by atoms with van der Waals surface area (Å²) in [6, 6.07) is 0. The molecule has 0 aromatic carbocycles.